The number of piperazine rings is 1. The van der Waals surface area contributed by atoms with Gasteiger partial charge < -0.3 is 16.7 Å². The van der Waals surface area contributed by atoms with Gasteiger partial charge in [-0.1, -0.05) is 0 Å². The van der Waals surface area contributed by atoms with Crippen LogP contribution in [0.3, 0.4) is 0 Å². The van der Waals surface area contributed by atoms with Crippen molar-refractivity contribution in [2.75, 3.05) is 39.8 Å². The summed E-state index contributed by atoms with van der Waals surface area (Å²) < 4.78 is 0. The summed E-state index contributed by atoms with van der Waals surface area (Å²) in [4.78, 5) is 4.85. The third kappa shape index (κ3) is 4.18. The molecule has 0 N–H and O–H groups in total. The molecule has 1 heterocycles. The molecule has 2 nitrogen and oxygen atoms in total. The number of hydrogen-bond acceptors (Lipinski definition) is 2. The van der Waals surface area contributed by atoms with Crippen LogP contribution in [0.2, 0.25) is 0 Å². The number of likely N-dealkylation sites (N-methyl/N-ethyl adjacent to an activating group) is 1. The molecule has 0 aromatic heterocycles. The minimum atomic E-state index is 0. The second-order valence-electron chi connectivity index (χ2n) is 3.00. The van der Waals surface area contributed by atoms with Crippen LogP contribution in [0.25, 0.3) is 0 Å². The molecule has 0 aromatic carbocycles. The Hall–Kier alpha value is 0.517. The van der Waals surface area contributed by atoms with E-state index >= 15 is 0 Å². The molecule has 1 saturated heterocycles. The molecular weight excluding hydrogens is 131 g/mol. The minimum Gasteiger partial charge on any atom is -0.342 e. The summed E-state index contributed by atoms with van der Waals surface area (Å²) in [6, 6.07) is 0. The summed E-state index contributed by atoms with van der Waals surface area (Å²) in [5.74, 6) is 0. The number of rotatable bonds is 2. The predicted molar refractivity (Wildman–Crippen MR) is 43.9 cm³/mol. The second kappa shape index (κ2) is 6.08. The Morgan fingerprint density at radius 1 is 1.18 bits per heavy atom. The largest absolute Gasteiger partial charge is 1.00 e. The summed E-state index contributed by atoms with van der Waals surface area (Å²) in [6.45, 7) is 9.92. The van der Waals surface area contributed by atoms with Gasteiger partial charge in [0.25, 0.3) is 0 Å². The van der Waals surface area contributed by atoms with Crippen molar-refractivity contribution >= 4 is 0 Å². The molecule has 0 bridgehead atoms. The summed E-state index contributed by atoms with van der Waals surface area (Å²) >= 11 is 0. The van der Waals surface area contributed by atoms with E-state index in [1.165, 1.54) is 32.7 Å². The molecule has 0 aromatic rings. The van der Waals surface area contributed by atoms with E-state index in [9.17, 15) is 0 Å². The van der Waals surface area contributed by atoms with Crippen LogP contribution in [0.5, 0.6) is 0 Å². The molecule has 0 atom stereocenters. The Morgan fingerprint density at radius 2 is 1.73 bits per heavy atom. The van der Waals surface area contributed by atoms with Gasteiger partial charge in [-0.25, -0.2) is 0 Å². The zero-order valence-electron chi connectivity index (χ0n) is 7.84. The maximum Gasteiger partial charge on any atom is 1.00 e. The van der Waals surface area contributed by atoms with Gasteiger partial charge in [0.15, 0.2) is 0 Å². The first kappa shape index (κ1) is 11.5. The Balaban J connectivity index is 0.000001000. The van der Waals surface area contributed by atoms with E-state index in [1.54, 1.807) is 0 Å². The van der Waals surface area contributed by atoms with Gasteiger partial charge in [-0.2, -0.15) is 6.42 Å². The molecule has 1 aliphatic heterocycles. The molecule has 1 aliphatic rings. The van der Waals surface area contributed by atoms with E-state index < -0.39 is 0 Å². The molecular formula is C8H17LiN2. The van der Waals surface area contributed by atoms with Crippen LogP contribution in [0, 0.1) is 6.92 Å². The summed E-state index contributed by atoms with van der Waals surface area (Å²) in [5.41, 5.74) is 0. The van der Waals surface area contributed by atoms with E-state index in [0.29, 0.717) is 0 Å². The molecule has 0 amide bonds. The van der Waals surface area contributed by atoms with Gasteiger partial charge in [0.1, 0.15) is 0 Å². The first-order chi connectivity index (χ1) is 4.83. The fourth-order valence-corrected chi connectivity index (χ4v) is 1.30. The zero-order valence-corrected chi connectivity index (χ0v) is 7.84. The smallest absolute Gasteiger partial charge is 0.342 e. The van der Waals surface area contributed by atoms with Crippen LogP contribution in [0.1, 0.15) is 6.42 Å². The molecule has 11 heavy (non-hydrogen) atoms. The van der Waals surface area contributed by atoms with Crippen LogP contribution < -0.4 is 18.9 Å². The van der Waals surface area contributed by atoms with Crippen LogP contribution >= 0.6 is 0 Å². The predicted octanol–water partition coefficient (Wildman–Crippen LogP) is -2.54. The fourth-order valence-electron chi connectivity index (χ4n) is 1.30. The first-order valence-electron chi connectivity index (χ1n) is 4.03. The Labute approximate surface area is 82.1 Å². The van der Waals surface area contributed by atoms with Gasteiger partial charge in [0.05, 0.1) is 0 Å². The van der Waals surface area contributed by atoms with Crippen molar-refractivity contribution in [3.05, 3.63) is 6.92 Å². The Bertz CT molecular complexity index is 90.1. The van der Waals surface area contributed by atoms with Crippen LogP contribution in [0.15, 0.2) is 0 Å². The van der Waals surface area contributed by atoms with Crippen molar-refractivity contribution in [1.29, 1.82) is 0 Å². The van der Waals surface area contributed by atoms with Gasteiger partial charge in [0.2, 0.25) is 0 Å². The van der Waals surface area contributed by atoms with Crippen molar-refractivity contribution in [3.63, 3.8) is 0 Å². The van der Waals surface area contributed by atoms with E-state index in [1.807, 2.05) is 0 Å². The van der Waals surface area contributed by atoms with Gasteiger partial charge in [-0.15, -0.1) is 0 Å². The SMILES string of the molecule is [CH2-]CCN1CCN(C)CC1.[Li+]. The third-order valence-electron chi connectivity index (χ3n) is 2.07. The van der Waals surface area contributed by atoms with Gasteiger partial charge in [-0.05, 0) is 13.6 Å². The Kier molecular flexibility index (Phi) is 6.37. The molecule has 1 fully saturated rings. The van der Waals surface area contributed by atoms with Gasteiger partial charge in [-0.3, -0.25) is 0 Å². The Morgan fingerprint density at radius 3 is 2.18 bits per heavy atom. The molecule has 0 aliphatic carbocycles. The molecule has 0 unspecified atom stereocenters. The average molecular weight is 148 g/mol. The van der Waals surface area contributed by atoms with Crippen LogP contribution in [0.4, 0.5) is 0 Å². The molecule has 60 valence electrons. The van der Waals surface area contributed by atoms with E-state index in [2.05, 4.69) is 23.8 Å². The van der Waals surface area contributed by atoms with Crippen LogP contribution in [-0.2, 0) is 0 Å². The quantitative estimate of drug-likeness (QED) is 0.314. The van der Waals surface area contributed by atoms with Gasteiger partial charge in [0, 0.05) is 26.2 Å². The first-order valence-corrected chi connectivity index (χ1v) is 4.03. The summed E-state index contributed by atoms with van der Waals surface area (Å²) in [5, 5.41) is 0. The normalized spacial score (nSPS) is 21.3. The third-order valence-corrected chi connectivity index (χ3v) is 2.07. The van der Waals surface area contributed by atoms with E-state index in [-0.39, 0.29) is 18.9 Å². The van der Waals surface area contributed by atoms with Crippen molar-refractivity contribution in [3.8, 4) is 0 Å². The summed E-state index contributed by atoms with van der Waals surface area (Å²) in [7, 11) is 2.18. The standard InChI is InChI=1S/C8H17N2.Li/c1-3-4-10-7-5-9(2)6-8-10;/h1,3-8H2,2H3;/q-1;+1. The maximum absolute atomic E-state index is 3.84. The average Bonchev–Trinajstić information content (AvgIpc) is 1.95. The van der Waals surface area contributed by atoms with Crippen molar-refractivity contribution < 1.29 is 18.9 Å². The second-order valence-corrected chi connectivity index (χ2v) is 3.00. The number of nitrogens with zero attached hydrogens (tertiary/aromatic N) is 2. The molecule has 3 heteroatoms. The fraction of sp³-hybridized carbons (Fsp3) is 0.875. The molecule has 1 rings (SSSR count). The minimum absolute atomic E-state index is 0. The van der Waals surface area contributed by atoms with Gasteiger partial charge >= 0.3 is 18.9 Å². The van der Waals surface area contributed by atoms with E-state index in [0.717, 1.165) is 6.42 Å². The zero-order chi connectivity index (χ0) is 7.40. The van der Waals surface area contributed by atoms with E-state index in [4.69, 9.17) is 0 Å². The van der Waals surface area contributed by atoms with Crippen molar-refractivity contribution in [1.82, 2.24) is 9.80 Å². The summed E-state index contributed by atoms with van der Waals surface area (Å²) in [6.07, 6.45) is 1.05. The topological polar surface area (TPSA) is 6.48 Å². The number of hydrogen-bond donors (Lipinski definition) is 0. The molecule has 0 radical (unpaired) electrons. The molecule has 0 spiro atoms. The van der Waals surface area contributed by atoms with Crippen LogP contribution in [-0.4, -0.2) is 49.6 Å². The maximum atomic E-state index is 3.84. The monoisotopic (exact) mass is 148 g/mol. The van der Waals surface area contributed by atoms with Crippen molar-refractivity contribution in [2.45, 2.75) is 6.42 Å². The molecule has 0 saturated carbocycles. The van der Waals surface area contributed by atoms with Crippen molar-refractivity contribution in [2.24, 2.45) is 0 Å².